The number of hydrogen-bond acceptors (Lipinski definition) is 5. The summed E-state index contributed by atoms with van der Waals surface area (Å²) in [4.78, 5) is 25.4. The van der Waals surface area contributed by atoms with Crippen molar-refractivity contribution >= 4 is 57.2 Å². The molecule has 0 aliphatic heterocycles. The van der Waals surface area contributed by atoms with Gasteiger partial charge in [0.05, 0.1) is 27.8 Å². The number of methoxy groups -OCH3 is 1. The summed E-state index contributed by atoms with van der Waals surface area (Å²) < 4.78 is 12.1. The van der Waals surface area contributed by atoms with Crippen molar-refractivity contribution in [1.29, 1.82) is 0 Å². The molecule has 0 spiro atoms. The molecule has 0 aliphatic carbocycles. The Morgan fingerprint density at radius 3 is 2.43 bits per heavy atom. The molecule has 0 saturated heterocycles. The third kappa shape index (κ3) is 7.95. The van der Waals surface area contributed by atoms with E-state index < -0.39 is 17.9 Å². The van der Waals surface area contributed by atoms with Crippen LogP contribution in [-0.2, 0) is 11.4 Å². The van der Waals surface area contributed by atoms with Crippen LogP contribution in [0.25, 0.3) is 0 Å². The predicted octanol–water partition coefficient (Wildman–Crippen LogP) is 6.25. The Hall–Kier alpha value is -3.07. The van der Waals surface area contributed by atoms with Crippen molar-refractivity contribution in [3.8, 4) is 11.5 Å². The van der Waals surface area contributed by atoms with Gasteiger partial charge in [-0.25, -0.2) is 5.43 Å². The number of ether oxygens (including phenoxy) is 2. The molecule has 3 aromatic rings. The van der Waals surface area contributed by atoms with E-state index >= 15 is 0 Å². The molecule has 194 valence electrons. The predicted molar refractivity (Wildman–Crippen MR) is 150 cm³/mol. The van der Waals surface area contributed by atoms with Crippen LogP contribution in [-0.4, -0.2) is 31.2 Å². The highest BCUT2D eigenvalue weighted by molar-refractivity contribution is 9.10. The number of carbonyl (C=O) groups is 2. The fourth-order valence-corrected chi connectivity index (χ4v) is 4.19. The van der Waals surface area contributed by atoms with E-state index in [1.54, 1.807) is 19.2 Å². The second-order valence-corrected chi connectivity index (χ2v) is 10.0. The van der Waals surface area contributed by atoms with Gasteiger partial charge in [-0.3, -0.25) is 9.59 Å². The average Bonchev–Trinajstić information content (AvgIpc) is 2.88. The lowest BCUT2D eigenvalue weighted by atomic mass is 10.0. The summed E-state index contributed by atoms with van der Waals surface area (Å²) in [5.41, 5.74) is 4.47. The molecule has 0 bridgehead atoms. The molecule has 37 heavy (non-hydrogen) atoms. The number of carbonyl (C=O) groups excluding carboxylic acids is 2. The Balaban J connectivity index is 1.66. The van der Waals surface area contributed by atoms with Crippen molar-refractivity contribution in [2.24, 2.45) is 11.0 Å². The highest BCUT2D eigenvalue weighted by Crippen LogP contribution is 2.36. The lowest BCUT2D eigenvalue weighted by Crippen LogP contribution is -2.48. The third-order valence-corrected chi connectivity index (χ3v) is 6.61. The van der Waals surface area contributed by atoms with Gasteiger partial charge in [0.25, 0.3) is 11.8 Å². The first kappa shape index (κ1) is 28.5. The quantitative estimate of drug-likeness (QED) is 0.211. The summed E-state index contributed by atoms with van der Waals surface area (Å²) in [6.07, 6.45) is 1.48. The number of nitrogens with zero attached hydrogens (tertiary/aromatic N) is 1. The lowest BCUT2D eigenvalue weighted by Gasteiger charge is -2.20. The van der Waals surface area contributed by atoms with Gasteiger partial charge in [0.2, 0.25) is 0 Å². The SMILES string of the molecule is COc1cc(/C=N/NC(=O)C(NC(=O)c2ccc(Cl)c(Cl)c2)C(C)C)cc(Br)c1OCc1ccccc1. The second kappa shape index (κ2) is 13.5. The van der Waals surface area contributed by atoms with Gasteiger partial charge in [-0.15, -0.1) is 0 Å². The molecule has 0 fully saturated rings. The fourth-order valence-electron chi connectivity index (χ4n) is 3.32. The van der Waals surface area contributed by atoms with Gasteiger partial charge in [0.15, 0.2) is 11.5 Å². The fraction of sp³-hybridized carbons (Fsp3) is 0.222. The molecule has 3 aromatic carbocycles. The van der Waals surface area contributed by atoms with Crippen LogP contribution in [0.1, 0.15) is 35.3 Å². The Labute approximate surface area is 234 Å². The Kier molecular flexibility index (Phi) is 10.4. The molecule has 3 rings (SSSR count). The summed E-state index contributed by atoms with van der Waals surface area (Å²) in [6, 6.07) is 17.0. The first-order valence-electron chi connectivity index (χ1n) is 11.3. The zero-order valence-corrected chi connectivity index (χ0v) is 23.5. The average molecular weight is 607 g/mol. The molecule has 0 saturated carbocycles. The minimum atomic E-state index is -0.825. The monoisotopic (exact) mass is 605 g/mol. The Bertz CT molecular complexity index is 1290. The van der Waals surface area contributed by atoms with Crippen LogP contribution in [0.2, 0.25) is 10.0 Å². The Morgan fingerprint density at radius 2 is 1.78 bits per heavy atom. The number of hydrogen-bond donors (Lipinski definition) is 2. The van der Waals surface area contributed by atoms with Gasteiger partial charge >= 0.3 is 0 Å². The van der Waals surface area contributed by atoms with Crippen LogP contribution >= 0.6 is 39.1 Å². The van der Waals surface area contributed by atoms with E-state index in [9.17, 15) is 9.59 Å². The third-order valence-electron chi connectivity index (χ3n) is 5.28. The van der Waals surface area contributed by atoms with Crippen LogP contribution in [0.15, 0.2) is 70.2 Å². The number of halogens is 3. The van der Waals surface area contributed by atoms with E-state index in [1.807, 2.05) is 44.2 Å². The van der Waals surface area contributed by atoms with Gasteiger partial charge in [0.1, 0.15) is 12.6 Å². The number of amides is 2. The van der Waals surface area contributed by atoms with Gasteiger partial charge in [-0.2, -0.15) is 5.10 Å². The molecule has 0 radical (unpaired) electrons. The largest absolute Gasteiger partial charge is 0.493 e. The van der Waals surface area contributed by atoms with Crippen LogP contribution in [0.5, 0.6) is 11.5 Å². The summed E-state index contributed by atoms with van der Waals surface area (Å²) in [6.45, 7) is 4.02. The van der Waals surface area contributed by atoms with Crippen LogP contribution in [0, 0.1) is 5.92 Å². The van der Waals surface area contributed by atoms with E-state index in [4.69, 9.17) is 32.7 Å². The molecule has 2 N–H and O–H groups in total. The molecule has 0 aromatic heterocycles. The number of hydrazone groups is 1. The zero-order valence-electron chi connectivity index (χ0n) is 20.4. The van der Waals surface area contributed by atoms with Crippen molar-refractivity contribution < 1.29 is 19.1 Å². The van der Waals surface area contributed by atoms with E-state index in [-0.39, 0.29) is 10.9 Å². The van der Waals surface area contributed by atoms with Gasteiger partial charge in [-0.05, 0) is 63.3 Å². The molecule has 1 unspecified atom stereocenters. The van der Waals surface area contributed by atoms with Crippen LogP contribution in [0.3, 0.4) is 0 Å². The second-order valence-electron chi connectivity index (χ2n) is 8.37. The maximum atomic E-state index is 12.8. The van der Waals surface area contributed by atoms with E-state index in [0.717, 1.165) is 5.56 Å². The topological polar surface area (TPSA) is 89.0 Å². The molecule has 10 heteroatoms. The van der Waals surface area contributed by atoms with Crippen molar-refractivity contribution in [2.45, 2.75) is 26.5 Å². The zero-order chi connectivity index (χ0) is 26.9. The molecule has 1 atom stereocenters. The Morgan fingerprint density at radius 1 is 1.05 bits per heavy atom. The van der Waals surface area contributed by atoms with Crippen molar-refractivity contribution in [3.63, 3.8) is 0 Å². The maximum Gasteiger partial charge on any atom is 0.262 e. The maximum absolute atomic E-state index is 12.8. The summed E-state index contributed by atoms with van der Waals surface area (Å²) in [5.74, 6) is -0.0497. The minimum Gasteiger partial charge on any atom is -0.493 e. The molecule has 7 nitrogen and oxygen atoms in total. The highest BCUT2D eigenvalue weighted by Gasteiger charge is 2.25. The highest BCUT2D eigenvalue weighted by atomic mass is 79.9. The molecule has 2 amide bonds. The van der Waals surface area contributed by atoms with Gasteiger partial charge < -0.3 is 14.8 Å². The molecular formula is C27H26BrCl2N3O4. The molecular weight excluding hydrogens is 581 g/mol. The van der Waals surface area contributed by atoms with E-state index in [1.165, 1.54) is 24.4 Å². The minimum absolute atomic E-state index is 0.197. The van der Waals surface area contributed by atoms with Crippen molar-refractivity contribution in [2.75, 3.05) is 7.11 Å². The number of benzene rings is 3. The summed E-state index contributed by atoms with van der Waals surface area (Å²) >= 11 is 15.4. The normalized spacial score (nSPS) is 11.9. The molecule has 0 heterocycles. The lowest BCUT2D eigenvalue weighted by molar-refractivity contribution is -0.123. The van der Waals surface area contributed by atoms with Crippen molar-refractivity contribution in [1.82, 2.24) is 10.7 Å². The van der Waals surface area contributed by atoms with Gasteiger partial charge in [-0.1, -0.05) is 67.4 Å². The summed E-state index contributed by atoms with van der Waals surface area (Å²) in [7, 11) is 1.55. The van der Waals surface area contributed by atoms with Crippen molar-refractivity contribution in [3.05, 3.63) is 91.9 Å². The summed E-state index contributed by atoms with van der Waals surface area (Å²) in [5, 5.41) is 7.37. The van der Waals surface area contributed by atoms with E-state index in [2.05, 4.69) is 31.8 Å². The van der Waals surface area contributed by atoms with E-state index in [0.29, 0.717) is 38.7 Å². The number of nitrogens with one attached hydrogen (secondary N) is 2. The molecule has 0 aliphatic rings. The van der Waals surface area contributed by atoms with Crippen LogP contribution < -0.4 is 20.2 Å². The first-order valence-corrected chi connectivity index (χ1v) is 12.9. The van der Waals surface area contributed by atoms with Crippen LogP contribution in [0.4, 0.5) is 0 Å². The van der Waals surface area contributed by atoms with Gasteiger partial charge in [0, 0.05) is 5.56 Å². The first-order chi connectivity index (χ1) is 17.7. The number of rotatable bonds is 10. The smallest absolute Gasteiger partial charge is 0.262 e. The standard InChI is InChI=1S/C27H26BrCl2N3O4/c1-16(2)24(32-26(34)19-9-10-21(29)22(30)13-19)27(35)33-31-14-18-11-20(28)25(23(12-18)36-3)37-15-17-7-5-4-6-8-17/h4-14,16,24H,15H2,1-3H3,(H,32,34)(H,33,35)/b31-14+.